The summed E-state index contributed by atoms with van der Waals surface area (Å²) in [6.45, 7) is 0.721. The van der Waals surface area contributed by atoms with Crippen molar-refractivity contribution in [3.63, 3.8) is 0 Å². The molecule has 106 valence electrons. The fraction of sp³-hybridized carbons (Fsp3) is 0.300. The molecule has 2 aromatic rings. The molecule has 1 heteroatoms. The van der Waals surface area contributed by atoms with Crippen LogP contribution in [0.4, 0.5) is 0 Å². The van der Waals surface area contributed by atoms with Gasteiger partial charge in [0.2, 0.25) is 0 Å². The van der Waals surface area contributed by atoms with Crippen LogP contribution in [0.15, 0.2) is 60.2 Å². The summed E-state index contributed by atoms with van der Waals surface area (Å²) in [5.41, 5.74) is 7.33. The first kappa shape index (κ1) is 12.8. The van der Waals surface area contributed by atoms with E-state index in [0.29, 0.717) is 6.10 Å². The maximum atomic E-state index is 6.26. The van der Waals surface area contributed by atoms with Crippen molar-refractivity contribution in [1.82, 2.24) is 0 Å². The standard InChI is InChI=1S/C20H20O/c1-2-7-15(8-3-1)14-21-20-12-6-11-18-17-10-5-4-9-16(17)13-19(18)20/h1-5,7-10,20H,6,11-14H2. The first-order chi connectivity index (χ1) is 10.4. The van der Waals surface area contributed by atoms with E-state index in [4.69, 9.17) is 4.74 Å². The van der Waals surface area contributed by atoms with Crippen LogP contribution in [0.2, 0.25) is 0 Å². The van der Waals surface area contributed by atoms with Crippen molar-refractivity contribution in [1.29, 1.82) is 0 Å². The van der Waals surface area contributed by atoms with Crippen LogP contribution in [0.25, 0.3) is 5.57 Å². The molecular weight excluding hydrogens is 256 g/mol. The lowest BCUT2D eigenvalue weighted by Gasteiger charge is -2.25. The smallest absolute Gasteiger partial charge is 0.0798 e. The number of fused-ring (bicyclic) bond motifs is 2. The van der Waals surface area contributed by atoms with E-state index in [9.17, 15) is 0 Å². The van der Waals surface area contributed by atoms with Crippen LogP contribution >= 0.6 is 0 Å². The van der Waals surface area contributed by atoms with E-state index in [1.165, 1.54) is 36.0 Å². The Balaban J connectivity index is 1.54. The molecule has 1 atom stereocenters. The number of rotatable bonds is 3. The summed E-state index contributed by atoms with van der Waals surface area (Å²) in [4.78, 5) is 0. The van der Waals surface area contributed by atoms with E-state index in [1.54, 1.807) is 11.1 Å². The molecule has 1 nitrogen and oxygen atoms in total. The van der Waals surface area contributed by atoms with E-state index in [1.807, 2.05) is 0 Å². The minimum Gasteiger partial charge on any atom is -0.369 e. The number of hydrogen-bond donors (Lipinski definition) is 0. The molecule has 21 heavy (non-hydrogen) atoms. The summed E-state index contributed by atoms with van der Waals surface area (Å²) in [7, 11) is 0. The number of hydrogen-bond acceptors (Lipinski definition) is 1. The molecule has 2 aliphatic carbocycles. The molecular formula is C20H20O. The minimum atomic E-state index is 0.307. The second kappa shape index (κ2) is 5.50. The summed E-state index contributed by atoms with van der Waals surface area (Å²) in [6.07, 6.45) is 5.02. The highest BCUT2D eigenvalue weighted by molar-refractivity contribution is 5.77. The van der Waals surface area contributed by atoms with Crippen LogP contribution in [-0.2, 0) is 17.8 Å². The molecule has 0 radical (unpaired) electrons. The molecule has 0 heterocycles. The first-order valence-electron chi connectivity index (χ1n) is 7.87. The highest BCUT2D eigenvalue weighted by atomic mass is 16.5. The van der Waals surface area contributed by atoms with E-state index in [0.717, 1.165) is 13.0 Å². The van der Waals surface area contributed by atoms with Gasteiger partial charge >= 0.3 is 0 Å². The Morgan fingerprint density at radius 3 is 2.67 bits per heavy atom. The van der Waals surface area contributed by atoms with E-state index in [2.05, 4.69) is 54.6 Å². The fourth-order valence-electron chi connectivity index (χ4n) is 3.65. The molecule has 1 unspecified atom stereocenters. The van der Waals surface area contributed by atoms with Gasteiger partial charge < -0.3 is 4.74 Å². The van der Waals surface area contributed by atoms with Crippen molar-refractivity contribution >= 4 is 5.57 Å². The van der Waals surface area contributed by atoms with E-state index in [-0.39, 0.29) is 0 Å². The van der Waals surface area contributed by atoms with E-state index >= 15 is 0 Å². The predicted molar refractivity (Wildman–Crippen MR) is 85.9 cm³/mol. The Morgan fingerprint density at radius 2 is 1.76 bits per heavy atom. The number of allylic oxidation sites excluding steroid dienone is 1. The minimum absolute atomic E-state index is 0.307. The van der Waals surface area contributed by atoms with Gasteiger partial charge in [-0.05, 0) is 53.5 Å². The predicted octanol–water partition coefficient (Wildman–Crippen LogP) is 4.77. The van der Waals surface area contributed by atoms with Gasteiger partial charge in [0, 0.05) is 0 Å². The van der Waals surface area contributed by atoms with Crippen molar-refractivity contribution in [2.24, 2.45) is 0 Å². The maximum absolute atomic E-state index is 6.26. The van der Waals surface area contributed by atoms with Crippen molar-refractivity contribution in [2.75, 3.05) is 0 Å². The third-order valence-corrected chi connectivity index (χ3v) is 4.69. The molecule has 0 spiro atoms. The van der Waals surface area contributed by atoms with Crippen LogP contribution < -0.4 is 0 Å². The van der Waals surface area contributed by atoms with Crippen molar-refractivity contribution in [2.45, 2.75) is 38.4 Å². The second-order valence-electron chi connectivity index (χ2n) is 6.02. The normalized spacial score (nSPS) is 20.3. The largest absolute Gasteiger partial charge is 0.369 e. The lowest BCUT2D eigenvalue weighted by Crippen LogP contribution is -2.20. The first-order valence-corrected chi connectivity index (χ1v) is 7.87. The molecule has 0 N–H and O–H groups in total. The number of benzene rings is 2. The van der Waals surface area contributed by atoms with Gasteiger partial charge in [0.1, 0.15) is 0 Å². The van der Waals surface area contributed by atoms with Crippen LogP contribution in [0, 0.1) is 0 Å². The zero-order valence-electron chi connectivity index (χ0n) is 12.2. The summed E-state index contributed by atoms with van der Waals surface area (Å²) < 4.78 is 6.26. The Kier molecular flexibility index (Phi) is 3.36. The Labute approximate surface area is 126 Å². The third-order valence-electron chi connectivity index (χ3n) is 4.69. The van der Waals surface area contributed by atoms with Crippen molar-refractivity contribution in [3.05, 3.63) is 76.9 Å². The monoisotopic (exact) mass is 276 g/mol. The Hall–Kier alpha value is -1.86. The summed E-state index contributed by atoms with van der Waals surface area (Å²) >= 11 is 0. The SMILES string of the molecule is c1ccc(COC2CCCC3=C2Cc2ccccc23)cc1. The molecule has 0 bridgehead atoms. The number of ether oxygens (including phenoxy) is 1. The maximum Gasteiger partial charge on any atom is 0.0798 e. The average molecular weight is 276 g/mol. The Bertz CT molecular complexity index is 669. The lowest BCUT2D eigenvalue weighted by molar-refractivity contribution is 0.0545. The molecule has 2 aromatic carbocycles. The van der Waals surface area contributed by atoms with Gasteiger partial charge in [-0.1, -0.05) is 54.6 Å². The van der Waals surface area contributed by atoms with Crippen molar-refractivity contribution in [3.8, 4) is 0 Å². The van der Waals surface area contributed by atoms with Gasteiger partial charge in [-0.3, -0.25) is 0 Å². The van der Waals surface area contributed by atoms with Gasteiger partial charge in [-0.2, -0.15) is 0 Å². The zero-order chi connectivity index (χ0) is 14.1. The van der Waals surface area contributed by atoms with Gasteiger partial charge in [-0.15, -0.1) is 0 Å². The Morgan fingerprint density at radius 1 is 0.952 bits per heavy atom. The second-order valence-corrected chi connectivity index (χ2v) is 6.02. The fourth-order valence-corrected chi connectivity index (χ4v) is 3.65. The highest BCUT2D eigenvalue weighted by Crippen LogP contribution is 2.42. The quantitative estimate of drug-likeness (QED) is 0.785. The topological polar surface area (TPSA) is 9.23 Å². The van der Waals surface area contributed by atoms with Gasteiger partial charge in [0.05, 0.1) is 12.7 Å². The molecule has 4 rings (SSSR count). The lowest BCUT2D eigenvalue weighted by atomic mass is 9.89. The average Bonchev–Trinajstić information content (AvgIpc) is 2.93. The van der Waals surface area contributed by atoms with Crippen LogP contribution in [0.5, 0.6) is 0 Å². The van der Waals surface area contributed by atoms with Crippen LogP contribution in [0.1, 0.15) is 36.0 Å². The van der Waals surface area contributed by atoms with Crippen molar-refractivity contribution < 1.29 is 4.74 Å². The van der Waals surface area contributed by atoms with Gasteiger partial charge in [-0.25, -0.2) is 0 Å². The zero-order valence-corrected chi connectivity index (χ0v) is 12.2. The van der Waals surface area contributed by atoms with E-state index < -0.39 is 0 Å². The van der Waals surface area contributed by atoms with Crippen LogP contribution in [0.3, 0.4) is 0 Å². The molecule has 0 amide bonds. The molecule has 2 aliphatic rings. The van der Waals surface area contributed by atoms with Gasteiger partial charge in [0.25, 0.3) is 0 Å². The third kappa shape index (κ3) is 2.43. The summed E-state index contributed by atoms with van der Waals surface area (Å²) in [5.74, 6) is 0. The van der Waals surface area contributed by atoms with Crippen LogP contribution in [-0.4, -0.2) is 6.10 Å². The summed E-state index contributed by atoms with van der Waals surface area (Å²) in [5, 5.41) is 0. The molecule has 0 saturated heterocycles. The van der Waals surface area contributed by atoms with Gasteiger partial charge in [0.15, 0.2) is 0 Å². The molecule has 0 saturated carbocycles. The summed E-state index contributed by atoms with van der Waals surface area (Å²) in [6, 6.07) is 19.3. The molecule has 0 aromatic heterocycles. The molecule has 0 fully saturated rings. The molecule has 0 aliphatic heterocycles. The highest BCUT2D eigenvalue weighted by Gasteiger charge is 2.30.